The van der Waals surface area contributed by atoms with Crippen LogP contribution in [0, 0.1) is 12.7 Å². The van der Waals surface area contributed by atoms with Gasteiger partial charge in [0.2, 0.25) is 5.91 Å². The molecular weight excluding hydrogens is 347 g/mol. The number of carbonyl (C=O) groups is 1. The zero-order valence-corrected chi connectivity index (χ0v) is 16.3. The lowest BCUT2D eigenvalue weighted by Crippen LogP contribution is -2.40. The molecule has 0 aromatic heterocycles. The maximum absolute atomic E-state index is 14.2. The van der Waals surface area contributed by atoms with Crippen molar-refractivity contribution in [1.82, 2.24) is 5.32 Å². The van der Waals surface area contributed by atoms with Crippen molar-refractivity contribution >= 4 is 23.5 Å². The first-order chi connectivity index (χ1) is 12.5. The van der Waals surface area contributed by atoms with E-state index < -0.39 is 0 Å². The first-order valence-electron chi connectivity index (χ1n) is 9.18. The van der Waals surface area contributed by atoms with Gasteiger partial charge in [-0.15, -0.1) is 0 Å². The lowest BCUT2D eigenvalue weighted by atomic mass is 9.97. The summed E-state index contributed by atoms with van der Waals surface area (Å²) in [5, 5.41) is 3.13. The van der Waals surface area contributed by atoms with E-state index in [1.807, 2.05) is 28.6 Å². The molecule has 0 saturated heterocycles. The summed E-state index contributed by atoms with van der Waals surface area (Å²) in [6.45, 7) is 6.26. The number of amides is 1. The second-order valence-electron chi connectivity index (χ2n) is 6.65. The quantitative estimate of drug-likeness (QED) is 0.696. The summed E-state index contributed by atoms with van der Waals surface area (Å²) < 4.78 is 16.2. The van der Waals surface area contributed by atoms with Crippen LogP contribution < -0.4 is 9.62 Å². The Morgan fingerprint density at radius 3 is 2.73 bits per heavy atom. The SMILES string of the molecule is CCCC(CC)NC(=O)CN1Sc2ccccc2-c2c1ccc(F)c2C. The van der Waals surface area contributed by atoms with Gasteiger partial charge in [0.25, 0.3) is 0 Å². The molecule has 0 fully saturated rings. The molecular formula is C21H25FN2OS. The van der Waals surface area contributed by atoms with Crippen LogP contribution in [0.25, 0.3) is 11.1 Å². The van der Waals surface area contributed by atoms with E-state index in [0.29, 0.717) is 5.56 Å². The summed E-state index contributed by atoms with van der Waals surface area (Å²) in [5.74, 6) is -0.214. The van der Waals surface area contributed by atoms with E-state index in [-0.39, 0.29) is 24.3 Å². The Hall–Kier alpha value is -2.01. The van der Waals surface area contributed by atoms with Crippen molar-refractivity contribution in [3.63, 3.8) is 0 Å². The van der Waals surface area contributed by atoms with E-state index in [1.165, 1.54) is 6.07 Å². The summed E-state index contributed by atoms with van der Waals surface area (Å²) >= 11 is 1.54. The third-order valence-electron chi connectivity index (χ3n) is 4.79. The van der Waals surface area contributed by atoms with Gasteiger partial charge in [0.05, 0.1) is 5.69 Å². The molecule has 0 radical (unpaired) electrons. The van der Waals surface area contributed by atoms with Crippen LogP contribution in [0.3, 0.4) is 0 Å². The van der Waals surface area contributed by atoms with Gasteiger partial charge in [-0.1, -0.05) is 38.5 Å². The van der Waals surface area contributed by atoms with E-state index in [0.717, 1.165) is 41.0 Å². The lowest BCUT2D eigenvalue weighted by molar-refractivity contribution is -0.120. The van der Waals surface area contributed by atoms with Crippen LogP contribution >= 0.6 is 11.9 Å². The third kappa shape index (κ3) is 3.73. The standard InChI is InChI=1S/C21H25FN2OS/c1-4-8-15(5-2)23-20(25)13-24-18-12-11-17(22)14(3)21(18)16-9-6-7-10-19(16)26-24/h6-7,9-12,15H,4-5,8,13H2,1-3H3,(H,23,25). The maximum atomic E-state index is 14.2. The van der Waals surface area contributed by atoms with E-state index in [1.54, 1.807) is 24.9 Å². The molecule has 3 rings (SSSR count). The topological polar surface area (TPSA) is 32.3 Å². The normalized spacial score (nSPS) is 13.8. The summed E-state index contributed by atoms with van der Waals surface area (Å²) in [6, 6.07) is 11.4. The van der Waals surface area contributed by atoms with Crippen LogP contribution in [0.2, 0.25) is 0 Å². The predicted octanol–water partition coefficient (Wildman–Crippen LogP) is 5.32. The van der Waals surface area contributed by atoms with Gasteiger partial charge in [-0.25, -0.2) is 4.39 Å². The molecule has 0 saturated carbocycles. The van der Waals surface area contributed by atoms with Gasteiger partial charge in [-0.05, 0) is 61.0 Å². The second kappa shape index (κ2) is 8.12. The molecule has 0 aliphatic carbocycles. The van der Waals surface area contributed by atoms with Crippen LogP contribution in [0.4, 0.5) is 10.1 Å². The average Bonchev–Trinajstić information content (AvgIpc) is 2.64. The third-order valence-corrected chi connectivity index (χ3v) is 5.89. The van der Waals surface area contributed by atoms with Gasteiger partial charge in [-0.2, -0.15) is 0 Å². The number of rotatable bonds is 6. The summed E-state index contributed by atoms with van der Waals surface area (Å²) in [7, 11) is 0. The minimum atomic E-state index is -0.219. The van der Waals surface area contributed by atoms with Crippen molar-refractivity contribution in [3.8, 4) is 11.1 Å². The Kier molecular flexibility index (Phi) is 5.87. The minimum Gasteiger partial charge on any atom is -0.352 e. The lowest BCUT2D eigenvalue weighted by Gasteiger charge is -2.32. The minimum absolute atomic E-state index is 0.00473. The Morgan fingerprint density at radius 2 is 2.00 bits per heavy atom. The largest absolute Gasteiger partial charge is 0.352 e. The van der Waals surface area contributed by atoms with Crippen LogP contribution in [0.15, 0.2) is 41.3 Å². The second-order valence-corrected chi connectivity index (χ2v) is 7.72. The molecule has 5 heteroatoms. The molecule has 2 aromatic rings. The van der Waals surface area contributed by atoms with Crippen molar-refractivity contribution < 1.29 is 9.18 Å². The number of nitrogens with one attached hydrogen (secondary N) is 1. The van der Waals surface area contributed by atoms with Crippen molar-refractivity contribution in [2.45, 2.75) is 51.0 Å². The van der Waals surface area contributed by atoms with Gasteiger partial charge >= 0.3 is 0 Å². The molecule has 1 atom stereocenters. The van der Waals surface area contributed by atoms with E-state index >= 15 is 0 Å². The summed E-state index contributed by atoms with van der Waals surface area (Å²) in [5.41, 5.74) is 3.43. The molecule has 1 amide bonds. The fourth-order valence-corrected chi connectivity index (χ4v) is 4.47. The number of halogens is 1. The molecule has 0 bridgehead atoms. The number of hydrogen-bond donors (Lipinski definition) is 1. The van der Waals surface area contributed by atoms with E-state index in [9.17, 15) is 9.18 Å². The fraction of sp³-hybridized carbons (Fsp3) is 0.381. The van der Waals surface area contributed by atoms with Crippen molar-refractivity contribution in [1.29, 1.82) is 0 Å². The van der Waals surface area contributed by atoms with Crippen LogP contribution in [0.5, 0.6) is 0 Å². The van der Waals surface area contributed by atoms with Gasteiger partial charge < -0.3 is 9.62 Å². The number of hydrogen-bond acceptors (Lipinski definition) is 3. The van der Waals surface area contributed by atoms with Crippen LogP contribution in [-0.2, 0) is 4.79 Å². The zero-order valence-electron chi connectivity index (χ0n) is 15.5. The Labute approximate surface area is 159 Å². The Morgan fingerprint density at radius 1 is 1.23 bits per heavy atom. The summed E-state index contributed by atoms with van der Waals surface area (Å²) in [6.07, 6.45) is 2.96. The van der Waals surface area contributed by atoms with Crippen molar-refractivity contribution in [2.24, 2.45) is 0 Å². The average molecular weight is 373 g/mol. The molecule has 1 aliphatic heterocycles. The van der Waals surface area contributed by atoms with Crippen molar-refractivity contribution in [2.75, 3.05) is 10.8 Å². The molecule has 0 spiro atoms. The van der Waals surface area contributed by atoms with Gasteiger partial charge in [0, 0.05) is 16.5 Å². The highest BCUT2D eigenvalue weighted by atomic mass is 32.2. The molecule has 1 N–H and O–H groups in total. The highest BCUT2D eigenvalue weighted by Gasteiger charge is 2.27. The maximum Gasteiger partial charge on any atom is 0.240 e. The first kappa shape index (κ1) is 18.8. The monoisotopic (exact) mass is 372 g/mol. The molecule has 2 aromatic carbocycles. The number of anilines is 1. The smallest absolute Gasteiger partial charge is 0.240 e. The van der Waals surface area contributed by atoms with E-state index in [2.05, 4.69) is 19.2 Å². The van der Waals surface area contributed by atoms with Crippen LogP contribution in [0.1, 0.15) is 38.7 Å². The number of fused-ring (bicyclic) bond motifs is 3. The fourth-order valence-electron chi connectivity index (χ4n) is 3.39. The molecule has 1 heterocycles. The van der Waals surface area contributed by atoms with Crippen LogP contribution in [-0.4, -0.2) is 18.5 Å². The molecule has 3 nitrogen and oxygen atoms in total. The number of carbonyl (C=O) groups excluding carboxylic acids is 1. The molecule has 1 unspecified atom stereocenters. The molecule has 1 aliphatic rings. The number of nitrogens with zero attached hydrogens (tertiary/aromatic N) is 1. The highest BCUT2D eigenvalue weighted by Crippen LogP contribution is 2.47. The number of benzene rings is 2. The van der Waals surface area contributed by atoms with Crippen molar-refractivity contribution in [3.05, 3.63) is 47.8 Å². The summed E-state index contributed by atoms with van der Waals surface area (Å²) in [4.78, 5) is 13.6. The highest BCUT2D eigenvalue weighted by molar-refractivity contribution is 8.01. The predicted molar refractivity (Wildman–Crippen MR) is 107 cm³/mol. The van der Waals surface area contributed by atoms with E-state index in [4.69, 9.17) is 0 Å². The van der Waals surface area contributed by atoms with Gasteiger partial charge in [0.15, 0.2) is 0 Å². The van der Waals surface area contributed by atoms with Gasteiger partial charge in [-0.3, -0.25) is 4.79 Å². The molecule has 26 heavy (non-hydrogen) atoms. The Bertz CT molecular complexity index is 809. The van der Waals surface area contributed by atoms with Gasteiger partial charge in [0.1, 0.15) is 12.4 Å². The zero-order chi connectivity index (χ0) is 18.7. The Balaban J connectivity index is 1.89. The molecule has 138 valence electrons. The first-order valence-corrected chi connectivity index (χ1v) is 9.95.